The molecule has 2 aromatic rings. The van der Waals surface area contributed by atoms with E-state index in [1.54, 1.807) is 7.05 Å². The van der Waals surface area contributed by atoms with Crippen LogP contribution in [0.4, 0.5) is 11.6 Å². The first-order chi connectivity index (χ1) is 9.69. The van der Waals surface area contributed by atoms with Crippen molar-refractivity contribution in [2.24, 2.45) is 0 Å². The van der Waals surface area contributed by atoms with Gasteiger partial charge >= 0.3 is 0 Å². The molecule has 20 heavy (non-hydrogen) atoms. The molecule has 0 radical (unpaired) electrons. The van der Waals surface area contributed by atoms with E-state index in [0.29, 0.717) is 5.69 Å². The maximum atomic E-state index is 12.0. The third kappa shape index (κ3) is 2.17. The highest BCUT2D eigenvalue weighted by Gasteiger charge is 2.29. The van der Waals surface area contributed by atoms with Crippen molar-refractivity contribution in [1.82, 2.24) is 15.3 Å². The molecule has 0 spiro atoms. The second kappa shape index (κ2) is 5.03. The van der Waals surface area contributed by atoms with Crippen molar-refractivity contribution in [1.29, 1.82) is 0 Å². The molecular formula is C14H19N5O. The third-order valence-corrected chi connectivity index (χ3v) is 3.82. The van der Waals surface area contributed by atoms with Crippen molar-refractivity contribution in [3.63, 3.8) is 0 Å². The molecule has 106 valence electrons. The quantitative estimate of drug-likeness (QED) is 0.719. The van der Waals surface area contributed by atoms with E-state index >= 15 is 0 Å². The Morgan fingerprint density at radius 3 is 3.15 bits per heavy atom. The van der Waals surface area contributed by atoms with E-state index in [2.05, 4.69) is 20.2 Å². The number of rotatable bonds is 2. The fourth-order valence-corrected chi connectivity index (χ4v) is 2.77. The highest BCUT2D eigenvalue weighted by atomic mass is 16.2. The molecule has 1 aliphatic rings. The van der Waals surface area contributed by atoms with Gasteiger partial charge in [0.05, 0.1) is 11.0 Å². The summed E-state index contributed by atoms with van der Waals surface area (Å²) in [6.07, 6.45) is 3.01. The lowest BCUT2D eigenvalue weighted by Crippen LogP contribution is -2.49. The Bertz CT molecular complexity index is 636. The highest BCUT2D eigenvalue weighted by molar-refractivity contribution is 5.86. The smallest absolute Gasteiger partial charge is 0.242 e. The number of carbonyl (C=O) groups is 1. The number of imidazole rings is 1. The number of anilines is 2. The van der Waals surface area contributed by atoms with Crippen LogP contribution in [0.15, 0.2) is 18.2 Å². The number of carbonyl (C=O) groups excluding carboxylic acids is 1. The molecule has 0 bridgehead atoms. The van der Waals surface area contributed by atoms with Crippen molar-refractivity contribution in [2.75, 3.05) is 24.2 Å². The van der Waals surface area contributed by atoms with Gasteiger partial charge in [0.2, 0.25) is 11.9 Å². The zero-order chi connectivity index (χ0) is 14.1. The first-order valence-electron chi connectivity index (χ1n) is 6.92. The van der Waals surface area contributed by atoms with Crippen LogP contribution in [0.1, 0.15) is 19.3 Å². The number of amides is 1. The third-order valence-electron chi connectivity index (χ3n) is 3.82. The molecule has 4 N–H and O–H groups in total. The topological polar surface area (TPSA) is 87.0 Å². The fraction of sp³-hybridized carbons (Fsp3) is 0.429. The van der Waals surface area contributed by atoms with Crippen LogP contribution in [0, 0.1) is 0 Å². The van der Waals surface area contributed by atoms with Gasteiger partial charge in [-0.25, -0.2) is 4.98 Å². The predicted octanol–water partition coefficient (Wildman–Crippen LogP) is 1.25. The molecule has 1 aliphatic heterocycles. The number of benzene rings is 1. The minimum atomic E-state index is -0.147. The second-order valence-electron chi connectivity index (χ2n) is 5.16. The number of hydrogen-bond donors (Lipinski definition) is 3. The van der Waals surface area contributed by atoms with Gasteiger partial charge in [0, 0.05) is 19.3 Å². The predicted molar refractivity (Wildman–Crippen MR) is 79.6 cm³/mol. The molecule has 3 rings (SSSR count). The molecule has 1 aromatic carbocycles. The van der Waals surface area contributed by atoms with Crippen molar-refractivity contribution >= 4 is 28.6 Å². The van der Waals surface area contributed by atoms with Gasteiger partial charge in [0.25, 0.3) is 0 Å². The largest absolute Gasteiger partial charge is 0.399 e. The van der Waals surface area contributed by atoms with E-state index < -0.39 is 0 Å². The second-order valence-corrected chi connectivity index (χ2v) is 5.16. The Kier molecular flexibility index (Phi) is 3.22. The average Bonchev–Trinajstić information content (AvgIpc) is 2.89. The summed E-state index contributed by atoms with van der Waals surface area (Å²) in [7, 11) is 1.68. The van der Waals surface area contributed by atoms with E-state index in [0.717, 1.165) is 42.8 Å². The first kappa shape index (κ1) is 12.8. The van der Waals surface area contributed by atoms with Crippen molar-refractivity contribution in [3.8, 4) is 0 Å². The number of nitrogen functional groups attached to an aromatic ring is 1. The number of H-pyrrole nitrogens is 1. The van der Waals surface area contributed by atoms with Gasteiger partial charge in [-0.15, -0.1) is 0 Å². The number of fused-ring (bicyclic) bond motifs is 1. The van der Waals surface area contributed by atoms with E-state index in [9.17, 15) is 4.79 Å². The molecule has 1 atom stereocenters. The molecule has 6 heteroatoms. The number of likely N-dealkylation sites (N-methyl/N-ethyl adjacent to an activating group) is 1. The molecule has 1 saturated heterocycles. The zero-order valence-electron chi connectivity index (χ0n) is 11.5. The molecule has 2 heterocycles. The summed E-state index contributed by atoms with van der Waals surface area (Å²) in [5.41, 5.74) is 8.26. The van der Waals surface area contributed by atoms with E-state index in [1.165, 1.54) is 0 Å². The van der Waals surface area contributed by atoms with Crippen LogP contribution in [0.3, 0.4) is 0 Å². The van der Waals surface area contributed by atoms with Gasteiger partial charge in [-0.05, 0) is 37.5 Å². The standard InChI is InChI=1S/C14H19N5O/c1-16-13(20)12-4-2-3-7-19(12)14-17-10-6-5-9(15)8-11(10)18-14/h5-6,8,12H,2-4,7,15H2,1H3,(H,16,20)(H,17,18). The van der Waals surface area contributed by atoms with Crippen LogP contribution in [0.2, 0.25) is 0 Å². The fourth-order valence-electron chi connectivity index (χ4n) is 2.77. The average molecular weight is 273 g/mol. The SMILES string of the molecule is CNC(=O)C1CCCCN1c1nc2ccc(N)cc2[nH]1. The van der Waals surface area contributed by atoms with Gasteiger partial charge in [-0.3, -0.25) is 4.79 Å². The lowest BCUT2D eigenvalue weighted by molar-refractivity contribution is -0.122. The molecule has 6 nitrogen and oxygen atoms in total. The minimum absolute atomic E-state index is 0.0460. The lowest BCUT2D eigenvalue weighted by Gasteiger charge is -2.34. The van der Waals surface area contributed by atoms with Crippen LogP contribution in [0.5, 0.6) is 0 Å². The molecular weight excluding hydrogens is 254 g/mol. The number of nitrogens with one attached hydrogen (secondary N) is 2. The van der Waals surface area contributed by atoms with Gasteiger partial charge in [0.1, 0.15) is 6.04 Å². The highest BCUT2D eigenvalue weighted by Crippen LogP contribution is 2.25. The number of nitrogens with two attached hydrogens (primary N) is 1. The number of piperidine rings is 1. The summed E-state index contributed by atoms with van der Waals surface area (Å²) in [5.74, 6) is 0.795. The molecule has 1 amide bonds. The number of aromatic amines is 1. The van der Waals surface area contributed by atoms with Gasteiger partial charge < -0.3 is 20.9 Å². The van der Waals surface area contributed by atoms with Crippen LogP contribution in [-0.4, -0.2) is 35.5 Å². The van der Waals surface area contributed by atoms with Crippen LogP contribution in [0.25, 0.3) is 11.0 Å². The van der Waals surface area contributed by atoms with Gasteiger partial charge in [-0.1, -0.05) is 0 Å². The molecule has 1 aromatic heterocycles. The Morgan fingerprint density at radius 1 is 1.50 bits per heavy atom. The molecule has 1 unspecified atom stereocenters. The van der Waals surface area contributed by atoms with Crippen molar-refractivity contribution < 1.29 is 4.79 Å². The minimum Gasteiger partial charge on any atom is -0.399 e. The van der Waals surface area contributed by atoms with E-state index in [4.69, 9.17) is 5.73 Å². The Balaban J connectivity index is 1.97. The molecule has 0 saturated carbocycles. The normalized spacial score (nSPS) is 19.2. The number of nitrogens with zero attached hydrogens (tertiary/aromatic N) is 2. The lowest BCUT2D eigenvalue weighted by atomic mass is 10.0. The Morgan fingerprint density at radius 2 is 2.35 bits per heavy atom. The van der Waals surface area contributed by atoms with Gasteiger partial charge in [0.15, 0.2) is 0 Å². The number of hydrogen-bond acceptors (Lipinski definition) is 4. The maximum absolute atomic E-state index is 12.0. The summed E-state index contributed by atoms with van der Waals surface area (Å²) in [6.45, 7) is 0.841. The van der Waals surface area contributed by atoms with Crippen LogP contribution >= 0.6 is 0 Å². The molecule has 1 fully saturated rings. The van der Waals surface area contributed by atoms with Crippen LogP contribution in [-0.2, 0) is 4.79 Å². The molecule has 0 aliphatic carbocycles. The van der Waals surface area contributed by atoms with E-state index in [1.807, 2.05) is 18.2 Å². The van der Waals surface area contributed by atoms with Crippen molar-refractivity contribution in [3.05, 3.63) is 18.2 Å². The summed E-state index contributed by atoms with van der Waals surface area (Å²) in [6, 6.07) is 5.44. The number of aromatic nitrogens is 2. The van der Waals surface area contributed by atoms with Crippen LogP contribution < -0.4 is 16.0 Å². The Labute approximate surface area is 117 Å². The first-order valence-corrected chi connectivity index (χ1v) is 6.92. The van der Waals surface area contributed by atoms with Crippen molar-refractivity contribution in [2.45, 2.75) is 25.3 Å². The zero-order valence-corrected chi connectivity index (χ0v) is 11.5. The summed E-state index contributed by atoms with van der Waals surface area (Å²) in [5, 5.41) is 2.74. The maximum Gasteiger partial charge on any atom is 0.242 e. The summed E-state index contributed by atoms with van der Waals surface area (Å²) < 4.78 is 0. The summed E-state index contributed by atoms with van der Waals surface area (Å²) in [4.78, 5) is 21.9. The monoisotopic (exact) mass is 273 g/mol. The van der Waals surface area contributed by atoms with E-state index in [-0.39, 0.29) is 11.9 Å². The summed E-state index contributed by atoms with van der Waals surface area (Å²) >= 11 is 0. The van der Waals surface area contributed by atoms with Gasteiger partial charge in [-0.2, -0.15) is 0 Å². The Hall–Kier alpha value is -2.24.